The second-order valence-electron chi connectivity index (χ2n) is 3.79. The molecule has 4 heteroatoms. The number of carbonyl (C=O) groups excluding carboxylic acids is 1. The van der Waals surface area contributed by atoms with Crippen LogP contribution in [0.2, 0.25) is 0 Å². The van der Waals surface area contributed by atoms with Gasteiger partial charge in [0.15, 0.2) is 0 Å². The average Bonchev–Trinajstić information content (AvgIpc) is 2.16. The van der Waals surface area contributed by atoms with Crippen LogP contribution < -0.4 is 0 Å². The Hall–Kier alpha value is -1.80. The van der Waals surface area contributed by atoms with Crippen LogP contribution in [0.4, 0.5) is 0 Å². The van der Waals surface area contributed by atoms with Gasteiger partial charge in [-0.15, -0.1) is 0 Å². The summed E-state index contributed by atoms with van der Waals surface area (Å²) < 4.78 is 0. The predicted octanol–water partition coefficient (Wildman–Crippen LogP) is 1.81. The molecule has 1 saturated carbocycles. The molecule has 0 amide bonds. The number of benzene rings is 1. The van der Waals surface area contributed by atoms with Crippen LogP contribution >= 0.6 is 0 Å². The highest BCUT2D eigenvalue weighted by molar-refractivity contribution is 5.47. The maximum Gasteiger partial charge on any atom is 0.235 e. The molecule has 2 N–H and O–H groups in total. The van der Waals surface area contributed by atoms with Crippen LogP contribution in [-0.4, -0.2) is 16.3 Å². The van der Waals surface area contributed by atoms with Gasteiger partial charge in [0.05, 0.1) is 0 Å². The van der Waals surface area contributed by atoms with E-state index in [0.29, 0.717) is 18.4 Å². The van der Waals surface area contributed by atoms with E-state index in [4.69, 9.17) is 0 Å². The second kappa shape index (κ2) is 3.41. The van der Waals surface area contributed by atoms with Gasteiger partial charge in [0, 0.05) is 5.56 Å². The number of hydrogen-bond acceptors (Lipinski definition) is 4. The Morgan fingerprint density at radius 2 is 2.07 bits per heavy atom. The highest BCUT2D eigenvalue weighted by Gasteiger charge is 2.40. The molecule has 1 fully saturated rings. The molecule has 0 saturated heterocycles. The van der Waals surface area contributed by atoms with Gasteiger partial charge in [-0.2, -0.15) is 4.99 Å². The van der Waals surface area contributed by atoms with E-state index in [1.807, 2.05) is 0 Å². The van der Waals surface area contributed by atoms with Crippen LogP contribution in [0.25, 0.3) is 0 Å². The summed E-state index contributed by atoms with van der Waals surface area (Å²) in [5.74, 6) is 0.127. The summed E-state index contributed by atoms with van der Waals surface area (Å²) >= 11 is 0. The molecule has 0 spiro atoms. The van der Waals surface area contributed by atoms with Crippen molar-refractivity contribution >= 4 is 6.08 Å². The molecule has 0 bridgehead atoms. The summed E-state index contributed by atoms with van der Waals surface area (Å²) in [5.41, 5.74) is -0.151. The molecule has 0 unspecified atom stereocenters. The van der Waals surface area contributed by atoms with Gasteiger partial charge in [-0.25, -0.2) is 4.79 Å². The molecule has 0 heterocycles. The van der Waals surface area contributed by atoms with Gasteiger partial charge in [0.2, 0.25) is 6.08 Å². The third-order valence-corrected chi connectivity index (χ3v) is 2.92. The molecule has 1 aromatic rings. The normalized spacial score (nSPS) is 17.6. The summed E-state index contributed by atoms with van der Waals surface area (Å²) in [6.07, 6.45) is 3.91. The Morgan fingerprint density at radius 1 is 1.33 bits per heavy atom. The van der Waals surface area contributed by atoms with E-state index >= 15 is 0 Å². The van der Waals surface area contributed by atoms with Crippen molar-refractivity contribution in [2.45, 2.75) is 24.8 Å². The summed E-state index contributed by atoms with van der Waals surface area (Å²) in [5, 5.41) is 19.0. The van der Waals surface area contributed by atoms with E-state index in [2.05, 4.69) is 4.99 Å². The predicted molar refractivity (Wildman–Crippen MR) is 53.4 cm³/mol. The lowest BCUT2D eigenvalue weighted by atomic mass is 9.72. The minimum Gasteiger partial charge on any atom is -0.508 e. The number of isocyanates is 1. The van der Waals surface area contributed by atoms with E-state index in [-0.39, 0.29) is 11.5 Å². The summed E-state index contributed by atoms with van der Waals surface area (Å²) in [7, 11) is 0. The van der Waals surface area contributed by atoms with Crippen molar-refractivity contribution in [1.82, 2.24) is 0 Å². The van der Waals surface area contributed by atoms with Crippen molar-refractivity contribution in [3.8, 4) is 11.5 Å². The SMILES string of the molecule is O=C=NC1(c2cc(O)ccc2O)CCC1. The van der Waals surface area contributed by atoms with Gasteiger partial charge in [0.25, 0.3) is 0 Å². The number of hydrogen-bond donors (Lipinski definition) is 2. The first-order chi connectivity index (χ1) is 7.18. The molecule has 4 nitrogen and oxygen atoms in total. The number of phenolic OH excluding ortho intramolecular Hbond substituents is 2. The van der Waals surface area contributed by atoms with Crippen LogP contribution in [0.5, 0.6) is 11.5 Å². The molecule has 1 aromatic carbocycles. The minimum atomic E-state index is -0.662. The van der Waals surface area contributed by atoms with Gasteiger partial charge >= 0.3 is 0 Å². The molecule has 1 aliphatic rings. The molecule has 2 rings (SSSR count). The highest BCUT2D eigenvalue weighted by Crippen LogP contribution is 2.48. The van der Waals surface area contributed by atoms with E-state index in [0.717, 1.165) is 6.42 Å². The number of phenols is 2. The van der Waals surface area contributed by atoms with Gasteiger partial charge < -0.3 is 10.2 Å². The standard InChI is InChI=1S/C11H11NO3/c13-7-12-11(4-1-5-11)9-6-8(14)2-3-10(9)15/h2-3,6,14-15H,1,4-5H2. The Labute approximate surface area is 86.9 Å². The minimum absolute atomic E-state index is 0.0616. The maximum absolute atomic E-state index is 10.3. The van der Waals surface area contributed by atoms with Crippen LogP contribution in [0.1, 0.15) is 24.8 Å². The molecule has 0 atom stereocenters. The van der Waals surface area contributed by atoms with Gasteiger partial charge in [-0.3, -0.25) is 0 Å². The lowest BCUT2D eigenvalue weighted by molar-refractivity contribution is 0.247. The molecule has 15 heavy (non-hydrogen) atoms. The van der Waals surface area contributed by atoms with E-state index < -0.39 is 5.54 Å². The quantitative estimate of drug-likeness (QED) is 0.439. The van der Waals surface area contributed by atoms with Gasteiger partial charge in [-0.05, 0) is 37.5 Å². The third kappa shape index (κ3) is 1.49. The Bertz CT molecular complexity index is 431. The van der Waals surface area contributed by atoms with Crippen LogP contribution in [0, 0.1) is 0 Å². The topological polar surface area (TPSA) is 69.9 Å². The number of rotatable bonds is 2. The molecule has 1 aliphatic carbocycles. The summed E-state index contributed by atoms with van der Waals surface area (Å²) in [6, 6.07) is 4.26. The van der Waals surface area contributed by atoms with E-state index in [1.165, 1.54) is 24.3 Å². The van der Waals surface area contributed by atoms with E-state index in [9.17, 15) is 15.0 Å². The van der Waals surface area contributed by atoms with Crippen molar-refractivity contribution in [2.75, 3.05) is 0 Å². The zero-order valence-electron chi connectivity index (χ0n) is 8.10. The lowest BCUT2D eigenvalue weighted by Crippen LogP contribution is -2.31. The van der Waals surface area contributed by atoms with Gasteiger partial charge in [0.1, 0.15) is 17.0 Å². The first-order valence-corrected chi connectivity index (χ1v) is 4.79. The first-order valence-electron chi connectivity index (χ1n) is 4.79. The zero-order chi connectivity index (χ0) is 10.9. The largest absolute Gasteiger partial charge is 0.508 e. The fraction of sp³-hybridized carbons (Fsp3) is 0.364. The Morgan fingerprint density at radius 3 is 2.60 bits per heavy atom. The maximum atomic E-state index is 10.3. The number of aliphatic imine (C=N–C) groups is 1. The van der Waals surface area contributed by atoms with Gasteiger partial charge in [-0.1, -0.05) is 0 Å². The van der Waals surface area contributed by atoms with E-state index in [1.54, 1.807) is 0 Å². The smallest absolute Gasteiger partial charge is 0.235 e. The van der Waals surface area contributed by atoms with Crippen molar-refractivity contribution < 1.29 is 15.0 Å². The molecule has 78 valence electrons. The lowest BCUT2D eigenvalue weighted by Gasteiger charge is -2.37. The molecular formula is C11H11NO3. The third-order valence-electron chi connectivity index (χ3n) is 2.92. The average molecular weight is 205 g/mol. The zero-order valence-corrected chi connectivity index (χ0v) is 8.10. The van der Waals surface area contributed by atoms with Crippen molar-refractivity contribution in [3.63, 3.8) is 0 Å². The fourth-order valence-corrected chi connectivity index (χ4v) is 1.94. The van der Waals surface area contributed by atoms with Crippen LogP contribution in [0.15, 0.2) is 23.2 Å². The molecular weight excluding hydrogens is 194 g/mol. The Kier molecular flexibility index (Phi) is 2.21. The monoisotopic (exact) mass is 205 g/mol. The van der Waals surface area contributed by atoms with Crippen molar-refractivity contribution in [1.29, 1.82) is 0 Å². The van der Waals surface area contributed by atoms with Crippen molar-refractivity contribution in [2.24, 2.45) is 4.99 Å². The highest BCUT2D eigenvalue weighted by atomic mass is 16.3. The number of aromatic hydroxyl groups is 2. The van der Waals surface area contributed by atoms with Crippen LogP contribution in [0.3, 0.4) is 0 Å². The van der Waals surface area contributed by atoms with Crippen LogP contribution in [-0.2, 0) is 10.3 Å². The fourth-order valence-electron chi connectivity index (χ4n) is 1.94. The Balaban J connectivity index is 2.51. The second-order valence-corrected chi connectivity index (χ2v) is 3.79. The molecule has 0 radical (unpaired) electrons. The first kappa shape index (κ1) is 9.74. The summed E-state index contributed by atoms with van der Waals surface area (Å²) in [6.45, 7) is 0. The molecule has 0 aliphatic heterocycles. The van der Waals surface area contributed by atoms with Crippen molar-refractivity contribution in [3.05, 3.63) is 23.8 Å². The number of nitrogens with zero attached hydrogens (tertiary/aromatic N) is 1. The molecule has 0 aromatic heterocycles. The summed E-state index contributed by atoms with van der Waals surface area (Å²) in [4.78, 5) is 14.1.